The average molecular weight is 584 g/mol. The number of rotatable bonds is 11. The lowest BCUT2D eigenvalue weighted by molar-refractivity contribution is -0.141. The minimum absolute atomic E-state index is 0.0507. The summed E-state index contributed by atoms with van der Waals surface area (Å²) in [7, 11) is 1.57. The number of para-hydroxylation sites is 1. The Labute approximate surface area is 239 Å². The van der Waals surface area contributed by atoms with Crippen LogP contribution in [0.15, 0.2) is 50.7 Å². The van der Waals surface area contributed by atoms with Gasteiger partial charge in [-0.2, -0.15) is 0 Å². The largest absolute Gasteiger partial charge is 0.496 e. The molecular weight excluding hydrogens is 550 g/mol. The first-order valence-electron chi connectivity index (χ1n) is 13.6. The molecule has 4 heterocycles. The third-order valence-electron chi connectivity index (χ3n) is 7.35. The molecule has 1 fully saturated rings. The number of aromatic nitrogens is 3. The van der Waals surface area contributed by atoms with Crippen molar-refractivity contribution < 1.29 is 28.5 Å². The van der Waals surface area contributed by atoms with Gasteiger partial charge in [0.1, 0.15) is 22.9 Å². The second kappa shape index (κ2) is 12.4. The Morgan fingerprint density at radius 2 is 2.02 bits per heavy atom. The van der Waals surface area contributed by atoms with Crippen molar-refractivity contribution in [1.29, 1.82) is 0 Å². The van der Waals surface area contributed by atoms with Crippen molar-refractivity contribution in [3.63, 3.8) is 0 Å². The van der Waals surface area contributed by atoms with Crippen molar-refractivity contribution in [3.8, 4) is 17.2 Å². The van der Waals surface area contributed by atoms with Crippen molar-refractivity contribution in [2.75, 3.05) is 20.3 Å². The Hall–Kier alpha value is -3.74. The fourth-order valence-corrected chi connectivity index (χ4v) is 6.29. The summed E-state index contributed by atoms with van der Waals surface area (Å²) >= 11 is 1.28. The zero-order chi connectivity index (χ0) is 29.1. The lowest BCUT2D eigenvalue weighted by Gasteiger charge is -2.27. The van der Waals surface area contributed by atoms with E-state index in [1.54, 1.807) is 7.11 Å². The van der Waals surface area contributed by atoms with Crippen LogP contribution in [0.5, 0.6) is 5.75 Å². The SMILES string of the molecule is COc1ccccc1[C@H](Cn1c(=O)n(CC(C)C(=O)O)c(=O)c2c(-c3ncco3)c(C)sc21)OCC1CCCCO1. The number of carboxylic acid groups (broad SMARTS) is 1. The summed E-state index contributed by atoms with van der Waals surface area (Å²) in [4.78, 5) is 44.9. The lowest BCUT2D eigenvalue weighted by atomic mass is 10.1. The molecule has 4 aromatic rings. The maximum atomic E-state index is 14.0. The number of carboxylic acids is 1. The minimum atomic E-state index is -1.11. The zero-order valence-electron chi connectivity index (χ0n) is 23.2. The zero-order valence-corrected chi connectivity index (χ0v) is 24.0. The Balaban J connectivity index is 1.67. The number of aliphatic carboxylic acids is 1. The summed E-state index contributed by atoms with van der Waals surface area (Å²) in [5.41, 5.74) is 0.0186. The molecule has 218 valence electrons. The molecule has 1 saturated heterocycles. The summed E-state index contributed by atoms with van der Waals surface area (Å²) < 4.78 is 26.0. The van der Waals surface area contributed by atoms with Crippen molar-refractivity contribution in [3.05, 3.63) is 68.0 Å². The smallest absolute Gasteiger partial charge is 0.332 e. The van der Waals surface area contributed by atoms with Crippen LogP contribution < -0.4 is 16.0 Å². The number of hydrogen-bond donors (Lipinski definition) is 1. The second-order valence-electron chi connectivity index (χ2n) is 10.2. The Morgan fingerprint density at radius 1 is 1.22 bits per heavy atom. The highest BCUT2D eigenvalue weighted by molar-refractivity contribution is 7.19. The van der Waals surface area contributed by atoms with E-state index in [2.05, 4.69) is 4.98 Å². The number of hydrogen-bond acceptors (Lipinski definition) is 9. The molecule has 1 aromatic carbocycles. The van der Waals surface area contributed by atoms with Crippen molar-refractivity contribution in [2.24, 2.45) is 5.92 Å². The summed E-state index contributed by atoms with van der Waals surface area (Å²) in [6.45, 7) is 4.05. The lowest BCUT2D eigenvalue weighted by Crippen LogP contribution is -2.42. The molecule has 41 heavy (non-hydrogen) atoms. The first-order chi connectivity index (χ1) is 19.8. The second-order valence-corrected chi connectivity index (χ2v) is 11.4. The highest BCUT2D eigenvalue weighted by atomic mass is 32.1. The number of benzene rings is 1. The number of nitrogens with zero attached hydrogens (tertiary/aromatic N) is 3. The van der Waals surface area contributed by atoms with Gasteiger partial charge in [0.05, 0.1) is 49.4 Å². The molecular formula is C29H33N3O8S. The van der Waals surface area contributed by atoms with E-state index in [4.69, 9.17) is 18.6 Å². The van der Waals surface area contributed by atoms with Crippen LogP contribution in [0.2, 0.25) is 0 Å². The van der Waals surface area contributed by atoms with Gasteiger partial charge < -0.3 is 23.7 Å². The highest BCUT2D eigenvalue weighted by Crippen LogP contribution is 2.37. The van der Waals surface area contributed by atoms with Crippen LogP contribution in [0, 0.1) is 12.8 Å². The van der Waals surface area contributed by atoms with Gasteiger partial charge >= 0.3 is 11.7 Å². The van der Waals surface area contributed by atoms with Gasteiger partial charge in [0.25, 0.3) is 5.56 Å². The molecule has 1 N–H and O–H groups in total. The summed E-state index contributed by atoms with van der Waals surface area (Å²) in [5.74, 6) is -1.23. The van der Waals surface area contributed by atoms with E-state index in [9.17, 15) is 19.5 Å². The normalized spacial score (nSPS) is 17.0. The number of aryl methyl sites for hydroxylation is 1. The summed E-state index contributed by atoms with van der Waals surface area (Å²) in [6.07, 6.45) is 5.15. The monoisotopic (exact) mass is 583 g/mol. The molecule has 0 aliphatic carbocycles. The van der Waals surface area contributed by atoms with Crippen molar-refractivity contribution in [2.45, 2.75) is 58.4 Å². The Morgan fingerprint density at radius 3 is 2.71 bits per heavy atom. The van der Waals surface area contributed by atoms with E-state index in [0.29, 0.717) is 29.4 Å². The molecule has 12 heteroatoms. The van der Waals surface area contributed by atoms with Gasteiger partial charge in [-0.1, -0.05) is 25.1 Å². The van der Waals surface area contributed by atoms with Gasteiger partial charge in [0.15, 0.2) is 0 Å². The number of fused-ring (bicyclic) bond motifs is 1. The van der Waals surface area contributed by atoms with E-state index < -0.39 is 29.2 Å². The first kappa shape index (κ1) is 28.8. The number of oxazole rings is 1. The van der Waals surface area contributed by atoms with Gasteiger partial charge in [-0.25, -0.2) is 9.78 Å². The standard InChI is InChI=1S/C29H33N3O8S/c1-17(28(34)35)14-31-26(33)24-23(25-30-11-13-39-25)18(2)41-27(24)32(29(31)36)15-22(20-9-4-5-10-21(20)37-3)40-16-19-8-6-7-12-38-19/h4-5,9-11,13,17,19,22H,6-8,12,14-16H2,1-3H3,(H,34,35)/t17?,19?,22-/m0/s1. The molecule has 0 saturated carbocycles. The van der Waals surface area contributed by atoms with Crippen LogP contribution in [0.4, 0.5) is 0 Å². The molecule has 11 nitrogen and oxygen atoms in total. The van der Waals surface area contributed by atoms with Gasteiger partial charge in [0.2, 0.25) is 5.89 Å². The number of thiophene rings is 1. The fourth-order valence-electron chi connectivity index (χ4n) is 5.15. The van der Waals surface area contributed by atoms with E-state index >= 15 is 0 Å². The van der Waals surface area contributed by atoms with Crippen LogP contribution in [0.3, 0.4) is 0 Å². The molecule has 1 aliphatic rings. The van der Waals surface area contributed by atoms with Gasteiger partial charge in [-0.3, -0.25) is 18.7 Å². The van der Waals surface area contributed by atoms with Crippen LogP contribution in [-0.4, -0.2) is 51.6 Å². The molecule has 3 aromatic heterocycles. The topological polar surface area (TPSA) is 135 Å². The summed E-state index contributed by atoms with van der Waals surface area (Å²) in [5, 5.41) is 9.82. The third-order valence-corrected chi connectivity index (χ3v) is 8.48. The Kier molecular flexibility index (Phi) is 8.71. The van der Waals surface area contributed by atoms with E-state index in [1.165, 1.54) is 35.3 Å². The molecule has 5 rings (SSSR count). The molecule has 0 bridgehead atoms. The van der Waals surface area contributed by atoms with Crippen molar-refractivity contribution in [1.82, 2.24) is 14.1 Å². The van der Waals surface area contributed by atoms with Gasteiger partial charge in [0, 0.05) is 23.6 Å². The van der Waals surface area contributed by atoms with Gasteiger partial charge in [-0.15, -0.1) is 11.3 Å². The average Bonchev–Trinajstić information content (AvgIpc) is 3.63. The van der Waals surface area contributed by atoms with Crippen molar-refractivity contribution >= 4 is 27.5 Å². The molecule has 0 radical (unpaired) electrons. The fraction of sp³-hybridized carbons (Fsp3) is 0.448. The quantitative estimate of drug-likeness (QED) is 0.275. The first-order valence-corrected chi connectivity index (χ1v) is 14.4. The van der Waals surface area contributed by atoms with E-state index in [1.807, 2.05) is 31.2 Å². The van der Waals surface area contributed by atoms with E-state index in [0.717, 1.165) is 34.3 Å². The third kappa shape index (κ3) is 5.85. The predicted octanol–water partition coefficient (Wildman–Crippen LogP) is 4.24. The van der Waals surface area contributed by atoms with Crippen LogP contribution in [-0.2, 0) is 27.4 Å². The molecule has 0 spiro atoms. The number of carbonyl (C=O) groups is 1. The predicted molar refractivity (Wildman–Crippen MR) is 153 cm³/mol. The number of ether oxygens (including phenoxy) is 3. The summed E-state index contributed by atoms with van der Waals surface area (Å²) in [6, 6.07) is 7.43. The van der Waals surface area contributed by atoms with Gasteiger partial charge in [-0.05, 0) is 32.3 Å². The maximum Gasteiger partial charge on any atom is 0.332 e. The molecule has 0 amide bonds. The maximum absolute atomic E-state index is 14.0. The molecule has 3 atom stereocenters. The van der Waals surface area contributed by atoms with Crippen LogP contribution >= 0.6 is 11.3 Å². The molecule has 1 aliphatic heterocycles. The highest BCUT2D eigenvalue weighted by Gasteiger charge is 2.28. The minimum Gasteiger partial charge on any atom is -0.496 e. The number of methoxy groups -OCH3 is 1. The molecule has 2 unspecified atom stereocenters. The Bertz CT molecular complexity index is 1630. The van der Waals surface area contributed by atoms with Crippen LogP contribution in [0.1, 0.15) is 42.7 Å². The van der Waals surface area contributed by atoms with Crippen LogP contribution in [0.25, 0.3) is 21.7 Å². The van der Waals surface area contributed by atoms with E-state index in [-0.39, 0.29) is 30.5 Å².